The molecule has 1 aromatic carbocycles. The molecule has 2 aliphatic rings. The fourth-order valence-electron chi connectivity index (χ4n) is 5.36. The van der Waals surface area contributed by atoms with Crippen molar-refractivity contribution in [1.29, 1.82) is 0 Å². The largest absolute Gasteiger partial charge is 0.422 e. The van der Waals surface area contributed by atoms with Crippen molar-refractivity contribution in [3.8, 4) is 0 Å². The Labute approximate surface area is 213 Å². The minimum atomic E-state index is -1.16. The molecule has 1 atom stereocenters. The maximum atomic E-state index is 13.3. The summed E-state index contributed by atoms with van der Waals surface area (Å²) in [5.74, 6) is -0.660. The third-order valence-corrected chi connectivity index (χ3v) is 7.52. The Balaban J connectivity index is 1.32. The van der Waals surface area contributed by atoms with Gasteiger partial charge in [0.25, 0.3) is 11.8 Å². The zero-order chi connectivity index (χ0) is 26.3. The molecule has 0 bridgehead atoms. The van der Waals surface area contributed by atoms with Crippen LogP contribution in [0.4, 0.5) is 10.5 Å². The lowest BCUT2D eigenvalue weighted by Crippen LogP contribution is -2.50. The summed E-state index contributed by atoms with van der Waals surface area (Å²) < 4.78 is 5.65. The molecule has 4 heterocycles. The molecule has 1 spiro atoms. The Morgan fingerprint density at radius 1 is 1.22 bits per heavy atom. The van der Waals surface area contributed by atoms with Gasteiger partial charge in [0.1, 0.15) is 16.8 Å². The highest BCUT2D eigenvalue weighted by molar-refractivity contribution is 6.08. The fraction of sp³-hybridized carbons (Fsp3) is 0.423. The normalized spacial score (nSPS) is 19.3. The molecule has 0 saturated carbocycles. The van der Waals surface area contributed by atoms with Crippen molar-refractivity contribution in [1.82, 2.24) is 25.1 Å². The number of nitrogens with one attached hydrogen (secondary N) is 2. The molecule has 11 nitrogen and oxygen atoms in total. The van der Waals surface area contributed by atoms with Crippen molar-refractivity contribution < 1.29 is 18.8 Å². The first kappa shape index (κ1) is 24.5. The van der Waals surface area contributed by atoms with Gasteiger partial charge in [-0.1, -0.05) is 0 Å². The van der Waals surface area contributed by atoms with E-state index in [2.05, 4.69) is 34.0 Å². The van der Waals surface area contributed by atoms with Crippen molar-refractivity contribution in [2.75, 3.05) is 37.6 Å². The van der Waals surface area contributed by atoms with Crippen molar-refractivity contribution in [3.05, 3.63) is 58.0 Å². The van der Waals surface area contributed by atoms with E-state index in [4.69, 9.17) is 4.42 Å². The Bertz CT molecular complexity index is 1430. The number of aromatic nitrogens is 2. The molecule has 0 aliphatic carbocycles. The van der Waals surface area contributed by atoms with Crippen LogP contribution in [0.3, 0.4) is 0 Å². The smallest absolute Gasteiger partial charge is 0.339 e. The average molecular weight is 507 g/mol. The van der Waals surface area contributed by atoms with E-state index in [9.17, 15) is 19.2 Å². The molecule has 2 aliphatic heterocycles. The number of benzene rings is 1. The number of amides is 4. The predicted molar refractivity (Wildman–Crippen MR) is 137 cm³/mol. The van der Waals surface area contributed by atoms with Gasteiger partial charge in [-0.05, 0) is 51.3 Å². The highest BCUT2D eigenvalue weighted by atomic mass is 16.4. The van der Waals surface area contributed by atoms with Crippen molar-refractivity contribution in [3.63, 3.8) is 0 Å². The lowest BCUT2D eigenvalue weighted by molar-refractivity contribution is -0.130. The summed E-state index contributed by atoms with van der Waals surface area (Å²) in [6.07, 6.45) is 3.34. The molecular weight excluding hydrogens is 476 g/mol. The van der Waals surface area contributed by atoms with Gasteiger partial charge in [-0.3, -0.25) is 14.5 Å². The maximum Gasteiger partial charge on any atom is 0.339 e. The number of rotatable bonds is 7. The number of hydrogen-bond acceptors (Lipinski definition) is 7. The molecule has 3 aromatic rings. The molecule has 5 rings (SSSR count). The summed E-state index contributed by atoms with van der Waals surface area (Å²) in [5.41, 5.74) is 1.40. The third kappa shape index (κ3) is 4.13. The number of carbonyl (C=O) groups is 3. The number of urea groups is 1. The zero-order valence-electron chi connectivity index (χ0n) is 21.2. The SMILES string of the molecule is CCN(CC)c1ccc2c(C)c(CCN3C(=O)N[C@@]4(CCN(C(=O)c5cnc[nH]5)C4)C3=O)c(=O)oc2c1. The van der Waals surface area contributed by atoms with Gasteiger partial charge < -0.3 is 24.5 Å². The number of aromatic amines is 1. The van der Waals surface area contributed by atoms with Crippen molar-refractivity contribution >= 4 is 34.5 Å². The highest BCUT2D eigenvalue weighted by Gasteiger charge is 2.55. The molecule has 11 heteroatoms. The van der Waals surface area contributed by atoms with Crippen LogP contribution in [0, 0.1) is 6.92 Å². The van der Waals surface area contributed by atoms with Crippen molar-refractivity contribution in [2.45, 2.75) is 39.2 Å². The Morgan fingerprint density at radius 3 is 2.70 bits per heavy atom. The van der Waals surface area contributed by atoms with E-state index < -0.39 is 17.2 Å². The lowest BCUT2D eigenvalue weighted by atomic mass is 9.98. The number of imide groups is 1. The number of hydrogen-bond donors (Lipinski definition) is 2. The first-order chi connectivity index (χ1) is 17.8. The first-order valence-electron chi connectivity index (χ1n) is 12.5. The standard InChI is InChI=1S/C26H30N6O5/c1-4-30(5-2)17-6-7-18-16(3)19(23(34)37-21(18)12-17)8-10-32-24(35)26(29-25(32)36)9-11-31(14-26)22(33)20-13-27-15-28-20/h6-7,12-13,15H,4-5,8-11,14H2,1-3H3,(H,27,28)(H,29,36)/t26-/m1/s1. The molecule has 37 heavy (non-hydrogen) atoms. The van der Waals surface area contributed by atoms with Crippen LogP contribution < -0.4 is 15.8 Å². The van der Waals surface area contributed by atoms with Crippen molar-refractivity contribution in [2.24, 2.45) is 0 Å². The molecule has 2 aromatic heterocycles. The van der Waals surface area contributed by atoms with E-state index in [1.165, 1.54) is 17.4 Å². The Morgan fingerprint density at radius 2 is 2.00 bits per heavy atom. The highest BCUT2D eigenvalue weighted by Crippen LogP contribution is 2.30. The number of H-pyrrole nitrogens is 1. The van der Waals surface area contributed by atoms with Crippen LogP contribution in [-0.2, 0) is 11.2 Å². The molecule has 4 amide bonds. The predicted octanol–water partition coefficient (Wildman–Crippen LogP) is 2.05. The van der Waals surface area contributed by atoms with Gasteiger partial charge in [-0.25, -0.2) is 14.6 Å². The van der Waals surface area contributed by atoms with Crippen LogP contribution >= 0.6 is 0 Å². The van der Waals surface area contributed by atoms with Gasteiger partial charge in [0, 0.05) is 48.9 Å². The Kier molecular flexibility index (Phi) is 6.22. The fourth-order valence-corrected chi connectivity index (χ4v) is 5.36. The van der Waals surface area contributed by atoms with E-state index >= 15 is 0 Å². The second-order valence-corrected chi connectivity index (χ2v) is 9.51. The molecule has 2 saturated heterocycles. The number of anilines is 1. The monoisotopic (exact) mass is 506 g/mol. The molecule has 194 valence electrons. The van der Waals surface area contributed by atoms with Gasteiger partial charge in [-0.15, -0.1) is 0 Å². The molecular formula is C26H30N6O5. The third-order valence-electron chi connectivity index (χ3n) is 7.52. The van der Waals surface area contributed by atoms with Crippen LogP contribution in [0.2, 0.25) is 0 Å². The van der Waals surface area contributed by atoms with Gasteiger partial charge in [0.05, 0.1) is 19.1 Å². The zero-order valence-corrected chi connectivity index (χ0v) is 21.2. The number of imidazole rings is 1. The van der Waals surface area contributed by atoms with Gasteiger partial charge in [0.15, 0.2) is 0 Å². The number of carbonyl (C=O) groups excluding carboxylic acids is 3. The number of fused-ring (bicyclic) bond motifs is 1. The maximum absolute atomic E-state index is 13.3. The number of likely N-dealkylation sites (tertiary alicyclic amines) is 1. The van der Waals surface area contributed by atoms with Gasteiger partial charge in [-0.2, -0.15) is 0 Å². The van der Waals surface area contributed by atoms with Gasteiger partial charge in [0.2, 0.25) is 0 Å². The summed E-state index contributed by atoms with van der Waals surface area (Å²) in [4.78, 5) is 63.1. The van der Waals surface area contributed by atoms with Crippen LogP contribution in [0.5, 0.6) is 0 Å². The van der Waals surface area contributed by atoms with E-state index in [-0.39, 0.29) is 31.3 Å². The van der Waals surface area contributed by atoms with Gasteiger partial charge >= 0.3 is 11.7 Å². The minimum Gasteiger partial charge on any atom is -0.422 e. The van der Waals surface area contributed by atoms with Crippen LogP contribution in [0.25, 0.3) is 11.0 Å². The first-order valence-corrected chi connectivity index (χ1v) is 12.5. The van der Waals surface area contributed by atoms with Crippen LogP contribution in [-0.4, -0.2) is 75.9 Å². The summed E-state index contributed by atoms with van der Waals surface area (Å²) in [7, 11) is 0. The molecule has 0 radical (unpaired) electrons. The number of nitrogens with zero attached hydrogens (tertiary/aromatic N) is 4. The van der Waals surface area contributed by atoms with Crippen LogP contribution in [0.1, 0.15) is 41.9 Å². The second-order valence-electron chi connectivity index (χ2n) is 9.51. The topological polar surface area (TPSA) is 132 Å². The number of aryl methyl sites for hydroxylation is 1. The van der Waals surface area contributed by atoms with E-state index in [1.54, 1.807) is 0 Å². The van der Waals surface area contributed by atoms with E-state index in [1.807, 2.05) is 25.1 Å². The summed E-state index contributed by atoms with van der Waals surface area (Å²) in [6.45, 7) is 8.12. The van der Waals surface area contributed by atoms with E-state index in [0.717, 1.165) is 34.6 Å². The minimum absolute atomic E-state index is 0.0373. The summed E-state index contributed by atoms with van der Waals surface area (Å²) >= 11 is 0. The second kappa shape index (κ2) is 9.38. The molecule has 0 unspecified atom stereocenters. The van der Waals surface area contributed by atoms with Crippen LogP contribution in [0.15, 0.2) is 39.9 Å². The average Bonchev–Trinajstić information content (AvgIpc) is 3.61. The summed E-state index contributed by atoms with van der Waals surface area (Å²) in [5, 5.41) is 3.62. The lowest BCUT2D eigenvalue weighted by Gasteiger charge is -2.22. The van der Waals surface area contributed by atoms with E-state index in [0.29, 0.717) is 29.8 Å². The Hall–Kier alpha value is -4.15. The quantitative estimate of drug-likeness (QED) is 0.370. The molecule has 2 N–H and O–H groups in total. The summed E-state index contributed by atoms with van der Waals surface area (Å²) in [6, 6.07) is 5.30. The molecule has 2 fully saturated rings.